The number of rotatable bonds is 8. The maximum atomic E-state index is 14.2. The highest BCUT2D eigenvalue weighted by Gasteiger charge is 2.32. The smallest absolute Gasteiger partial charge is 0.319 e. The molecule has 0 unspecified atom stereocenters. The lowest BCUT2D eigenvalue weighted by molar-refractivity contribution is -0.00832. The molecule has 1 aliphatic rings. The molecule has 240 valence electrons. The van der Waals surface area contributed by atoms with Gasteiger partial charge in [0.25, 0.3) is 15.9 Å². The third-order valence-electron chi connectivity index (χ3n) is 7.33. The van der Waals surface area contributed by atoms with Crippen molar-refractivity contribution in [3.63, 3.8) is 0 Å². The Bertz CT molecular complexity index is 1300. The average molecular weight is 639 g/mol. The maximum absolute atomic E-state index is 14.2. The van der Waals surface area contributed by atoms with E-state index in [9.17, 15) is 23.1 Å². The Kier molecular flexibility index (Phi) is 12.8. The number of hydrogen-bond acceptors (Lipinski definition) is 8. The summed E-state index contributed by atoms with van der Waals surface area (Å²) in [6.45, 7) is 9.75. The van der Waals surface area contributed by atoms with Gasteiger partial charge in [0.15, 0.2) is 0 Å². The first kappa shape index (κ1) is 34.8. The molecular formula is C30H46N4O7S2. The van der Waals surface area contributed by atoms with Crippen molar-refractivity contribution in [2.24, 2.45) is 5.92 Å². The van der Waals surface area contributed by atoms with E-state index in [2.05, 4.69) is 10.6 Å². The largest absolute Gasteiger partial charge is 0.490 e. The summed E-state index contributed by atoms with van der Waals surface area (Å²) in [5.41, 5.74) is 0.683. The summed E-state index contributed by atoms with van der Waals surface area (Å²) >= 11 is 1.16. The zero-order valence-electron chi connectivity index (χ0n) is 25.9. The molecule has 4 atom stereocenters. The van der Waals surface area contributed by atoms with Gasteiger partial charge in [-0.05, 0) is 76.6 Å². The lowest BCUT2D eigenvalue weighted by atomic mass is 10.0. The van der Waals surface area contributed by atoms with Crippen molar-refractivity contribution >= 4 is 39.0 Å². The Morgan fingerprint density at radius 1 is 1.21 bits per heavy atom. The molecule has 0 aliphatic carbocycles. The summed E-state index contributed by atoms with van der Waals surface area (Å²) in [5.74, 6) is -0.274. The van der Waals surface area contributed by atoms with E-state index in [-0.39, 0.29) is 53.4 Å². The molecule has 13 heteroatoms. The number of sulfonamides is 1. The summed E-state index contributed by atoms with van der Waals surface area (Å²) < 4.78 is 40.4. The third kappa shape index (κ3) is 9.64. The van der Waals surface area contributed by atoms with Crippen molar-refractivity contribution in [2.45, 2.75) is 82.4 Å². The van der Waals surface area contributed by atoms with Crippen molar-refractivity contribution in [2.75, 3.05) is 38.7 Å². The number of aliphatic hydroxyl groups is 1. The minimum atomic E-state index is -3.70. The second-order valence-corrected chi connectivity index (χ2v) is 14.7. The van der Waals surface area contributed by atoms with E-state index in [1.165, 1.54) is 11.4 Å². The van der Waals surface area contributed by atoms with Crippen molar-refractivity contribution in [3.05, 3.63) is 41.3 Å². The minimum Gasteiger partial charge on any atom is -0.490 e. The Morgan fingerprint density at radius 2 is 1.95 bits per heavy atom. The van der Waals surface area contributed by atoms with E-state index in [1.807, 2.05) is 27.7 Å². The fourth-order valence-corrected chi connectivity index (χ4v) is 7.19. The summed E-state index contributed by atoms with van der Waals surface area (Å²) in [5, 5.41) is 17.4. The number of amides is 3. The monoisotopic (exact) mass is 638 g/mol. The van der Waals surface area contributed by atoms with Crippen molar-refractivity contribution in [1.29, 1.82) is 0 Å². The molecule has 3 rings (SSSR count). The molecule has 0 saturated carbocycles. The number of anilines is 1. The number of benzene rings is 1. The van der Waals surface area contributed by atoms with Crippen molar-refractivity contribution in [1.82, 2.24) is 14.5 Å². The number of likely N-dealkylation sites (N-methyl/N-ethyl adjacent to an activating group) is 1. The van der Waals surface area contributed by atoms with Crippen LogP contribution in [0.1, 0.15) is 64.2 Å². The molecule has 3 amide bonds. The highest BCUT2D eigenvalue weighted by atomic mass is 32.2. The van der Waals surface area contributed by atoms with Gasteiger partial charge in [0, 0.05) is 44.4 Å². The van der Waals surface area contributed by atoms with E-state index in [0.29, 0.717) is 18.0 Å². The quantitative estimate of drug-likeness (QED) is 0.390. The van der Waals surface area contributed by atoms with Crippen LogP contribution in [-0.4, -0.2) is 92.3 Å². The molecule has 43 heavy (non-hydrogen) atoms. The second kappa shape index (κ2) is 15.8. The van der Waals surface area contributed by atoms with Gasteiger partial charge in [-0.3, -0.25) is 4.79 Å². The maximum Gasteiger partial charge on any atom is 0.319 e. The van der Waals surface area contributed by atoms with Crippen LogP contribution in [0.15, 0.2) is 39.9 Å². The normalized spacial score (nSPS) is 21.6. The molecule has 11 nitrogen and oxygen atoms in total. The number of nitrogens with one attached hydrogen (secondary N) is 2. The van der Waals surface area contributed by atoms with Gasteiger partial charge in [-0.15, -0.1) is 11.3 Å². The Balaban J connectivity index is 1.96. The fraction of sp³-hybridized carbons (Fsp3) is 0.600. The van der Waals surface area contributed by atoms with Gasteiger partial charge in [-0.2, -0.15) is 4.31 Å². The molecule has 2 heterocycles. The molecule has 1 aliphatic heterocycles. The fourth-order valence-electron chi connectivity index (χ4n) is 4.81. The molecule has 1 aromatic carbocycles. The van der Waals surface area contributed by atoms with Crippen LogP contribution in [0.2, 0.25) is 0 Å². The van der Waals surface area contributed by atoms with Gasteiger partial charge in [0.2, 0.25) is 0 Å². The Hall–Kier alpha value is -2.71. The molecule has 0 radical (unpaired) electrons. The Morgan fingerprint density at radius 3 is 2.60 bits per heavy atom. The van der Waals surface area contributed by atoms with Gasteiger partial charge < -0.3 is 30.1 Å². The first-order valence-electron chi connectivity index (χ1n) is 14.7. The van der Waals surface area contributed by atoms with E-state index in [1.54, 1.807) is 47.5 Å². The van der Waals surface area contributed by atoms with Crippen LogP contribution in [0.5, 0.6) is 5.75 Å². The SMILES string of the molecule is CC(C)NC(=O)Nc1ccc2c(c1)C(=O)N([C@@H](C)CO)C[C@H](C)[C@@H](CN(C)S(=O)(=O)c1cccs1)OCCCC[C@H](C)O2. The predicted octanol–water partition coefficient (Wildman–Crippen LogP) is 4.39. The molecule has 1 aromatic heterocycles. The van der Waals surface area contributed by atoms with Gasteiger partial charge >= 0.3 is 6.03 Å². The Labute approximate surface area is 259 Å². The summed E-state index contributed by atoms with van der Waals surface area (Å²) in [6.07, 6.45) is 1.59. The van der Waals surface area contributed by atoms with Crippen LogP contribution in [-0.2, 0) is 14.8 Å². The second-order valence-electron chi connectivity index (χ2n) is 11.5. The lowest BCUT2D eigenvalue weighted by Gasteiger charge is -2.35. The zero-order valence-corrected chi connectivity index (χ0v) is 27.5. The highest BCUT2D eigenvalue weighted by Crippen LogP contribution is 2.29. The van der Waals surface area contributed by atoms with Crippen LogP contribution in [0, 0.1) is 5.92 Å². The molecule has 0 spiro atoms. The number of aliphatic hydroxyl groups excluding tert-OH is 1. The first-order valence-corrected chi connectivity index (χ1v) is 17.1. The third-order valence-corrected chi connectivity index (χ3v) is 10.5. The van der Waals surface area contributed by atoms with E-state index < -0.39 is 28.2 Å². The zero-order chi connectivity index (χ0) is 31.7. The topological polar surface area (TPSA) is 138 Å². The van der Waals surface area contributed by atoms with Gasteiger partial charge in [0.05, 0.1) is 30.4 Å². The van der Waals surface area contributed by atoms with Crippen LogP contribution >= 0.6 is 11.3 Å². The molecule has 3 N–H and O–H groups in total. The predicted molar refractivity (Wildman–Crippen MR) is 168 cm³/mol. The summed E-state index contributed by atoms with van der Waals surface area (Å²) in [4.78, 5) is 28.1. The molecule has 0 saturated heterocycles. The molecule has 0 bridgehead atoms. The standard InChI is InChI=1S/C30H46N4O7S2/c1-20(2)31-30(37)32-24-12-13-26-25(16-24)29(36)34(22(4)19-35)17-21(3)27(40-14-8-7-10-23(5)41-26)18-33(6)43(38,39)28-11-9-15-42-28/h9,11-13,15-16,20-23,27,35H,7-8,10,14,17-19H2,1-6H3,(H2,31,32,37)/t21-,22-,23-,27+/m0/s1. The van der Waals surface area contributed by atoms with Gasteiger partial charge in [0.1, 0.15) is 9.96 Å². The highest BCUT2D eigenvalue weighted by molar-refractivity contribution is 7.91. The van der Waals surface area contributed by atoms with E-state index in [4.69, 9.17) is 9.47 Å². The van der Waals surface area contributed by atoms with Crippen LogP contribution < -0.4 is 15.4 Å². The van der Waals surface area contributed by atoms with Crippen LogP contribution in [0.3, 0.4) is 0 Å². The van der Waals surface area contributed by atoms with Crippen LogP contribution in [0.4, 0.5) is 10.5 Å². The first-order chi connectivity index (χ1) is 20.3. The number of carbonyl (C=O) groups is 2. The average Bonchev–Trinajstić information content (AvgIpc) is 3.50. The molecule has 0 fully saturated rings. The number of urea groups is 1. The minimum absolute atomic E-state index is 0.0694. The summed E-state index contributed by atoms with van der Waals surface area (Å²) in [7, 11) is -2.16. The number of ether oxygens (including phenoxy) is 2. The summed E-state index contributed by atoms with van der Waals surface area (Å²) in [6, 6.07) is 7.23. The number of hydrogen-bond donors (Lipinski definition) is 3. The number of fused-ring (bicyclic) bond motifs is 1. The number of nitrogens with zero attached hydrogens (tertiary/aromatic N) is 2. The van der Waals surface area contributed by atoms with Gasteiger partial charge in [-0.25, -0.2) is 13.2 Å². The van der Waals surface area contributed by atoms with Crippen LogP contribution in [0.25, 0.3) is 0 Å². The van der Waals surface area contributed by atoms with E-state index >= 15 is 0 Å². The molecule has 2 aromatic rings. The van der Waals surface area contributed by atoms with Crippen molar-refractivity contribution in [3.8, 4) is 5.75 Å². The van der Waals surface area contributed by atoms with E-state index in [0.717, 1.165) is 30.6 Å². The number of thiophene rings is 1. The number of carbonyl (C=O) groups excluding carboxylic acids is 2. The molecular weight excluding hydrogens is 592 g/mol. The lowest BCUT2D eigenvalue weighted by Crippen LogP contribution is -2.48. The van der Waals surface area contributed by atoms with Crippen molar-refractivity contribution < 1.29 is 32.6 Å². The van der Waals surface area contributed by atoms with Gasteiger partial charge in [-0.1, -0.05) is 13.0 Å².